The number of hydrogen-bond donors (Lipinski definition) is 2. The van der Waals surface area contributed by atoms with Crippen molar-refractivity contribution in [2.75, 3.05) is 19.0 Å². The molecule has 3 aromatic rings. The topological polar surface area (TPSA) is 120 Å². The van der Waals surface area contributed by atoms with E-state index in [4.69, 9.17) is 10.5 Å². The molecule has 0 atom stereocenters. The van der Waals surface area contributed by atoms with Crippen molar-refractivity contribution in [3.8, 4) is 5.75 Å². The highest BCUT2D eigenvalue weighted by Crippen LogP contribution is 2.28. The van der Waals surface area contributed by atoms with Gasteiger partial charge in [0.2, 0.25) is 11.8 Å². The van der Waals surface area contributed by atoms with E-state index in [0.717, 1.165) is 12.8 Å². The number of primary amides is 1. The molecule has 1 aliphatic rings. The molecule has 2 aromatic carbocycles. The van der Waals surface area contributed by atoms with Crippen LogP contribution < -0.4 is 15.8 Å². The minimum absolute atomic E-state index is 0.00809. The average molecular weight is 439 g/mol. The fourth-order valence-corrected chi connectivity index (χ4v) is 3.57. The minimum atomic E-state index is -0.689. The predicted octanol–water partition coefficient (Wildman–Crippen LogP) is 1.91. The molecule has 4 rings (SSSR count). The molecule has 1 aliphatic carbocycles. The molecule has 1 saturated carbocycles. The number of hydrogen-bond acceptors (Lipinski definition) is 5. The van der Waals surface area contributed by atoms with E-state index in [9.17, 15) is 18.8 Å². The summed E-state index contributed by atoms with van der Waals surface area (Å²) in [6, 6.07) is 11.3. The summed E-state index contributed by atoms with van der Waals surface area (Å²) in [7, 11) is 1.33. The fourth-order valence-electron chi connectivity index (χ4n) is 3.57. The number of nitrogens with zero attached hydrogens (tertiary/aromatic N) is 3. The second kappa shape index (κ2) is 8.66. The summed E-state index contributed by atoms with van der Waals surface area (Å²) in [5, 5.41) is 7.25. The smallest absolute Gasteiger partial charge is 0.269 e. The highest BCUT2D eigenvalue weighted by molar-refractivity contribution is 6.04. The first kappa shape index (κ1) is 21.3. The second-order valence-electron chi connectivity index (χ2n) is 7.51. The lowest BCUT2D eigenvalue weighted by molar-refractivity contribution is -0.135. The Hall–Kier alpha value is -3.95. The molecule has 1 heterocycles. The number of nitrogens with two attached hydrogens (primary N) is 1. The zero-order valence-corrected chi connectivity index (χ0v) is 17.4. The van der Waals surface area contributed by atoms with Gasteiger partial charge in [0, 0.05) is 11.4 Å². The van der Waals surface area contributed by atoms with Crippen LogP contribution in [-0.2, 0) is 16.1 Å². The third kappa shape index (κ3) is 4.25. The van der Waals surface area contributed by atoms with Gasteiger partial charge in [0.05, 0.1) is 18.3 Å². The number of aromatic nitrogens is 2. The Morgan fingerprint density at radius 2 is 1.97 bits per heavy atom. The van der Waals surface area contributed by atoms with Crippen LogP contribution in [0.4, 0.5) is 10.1 Å². The largest absolute Gasteiger partial charge is 0.494 e. The third-order valence-corrected chi connectivity index (χ3v) is 5.26. The van der Waals surface area contributed by atoms with Gasteiger partial charge in [0.15, 0.2) is 17.3 Å². The maximum atomic E-state index is 14.3. The van der Waals surface area contributed by atoms with Crippen molar-refractivity contribution >= 4 is 34.3 Å². The van der Waals surface area contributed by atoms with E-state index in [1.807, 2.05) is 0 Å². The normalized spacial score (nSPS) is 13.1. The molecule has 9 nitrogen and oxygen atoms in total. The summed E-state index contributed by atoms with van der Waals surface area (Å²) in [4.78, 5) is 38.8. The lowest BCUT2D eigenvalue weighted by Gasteiger charge is -2.22. The van der Waals surface area contributed by atoms with Crippen molar-refractivity contribution in [1.29, 1.82) is 0 Å². The van der Waals surface area contributed by atoms with Crippen LogP contribution in [0.1, 0.15) is 23.3 Å². The van der Waals surface area contributed by atoms with Gasteiger partial charge in [-0.25, -0.2) is 4.39 Å². The lowest BCUT2D eigenvalue weighted by atomic mass is 10.2. The number of carbonyl (C=O) groups is 3. The quantitative estimate of drug-likeness (QED) is 0.556. The van der Waals surface area contributed by atoms with Crippen LogP contribution in [0, 0.1) is 5.82 Å². The molecular weight excluding hydrogens is 417 g/mol. The Balaban J connectivity index is 1.50. The molecule has 32 heavy (non-hydrogen) atoms. The second-order valence-corrected chi connectivity index (χ2v) is 7.51. The Morgan fingerprint density at radius 3 is 2.66 bits per heavy atom. The number of carbonyl (C=O) groups excluding carboxylic acids is 3. The first-order chi connectivity index (χ1) is 15.4. The van der Waals surface area contributed by atoms with Gasteiger partial charge < -0.3 is 20.7 Å². The Labute approximate surface area is 182 Å². The summed E-state index contributed by atoms with van der Waals surface area (Å²) in [5.41, 5.74) is 6.06. The van der Waals surface area contributed by atoms with Gasteiger partial charge in [-0.15, -0.1) is 0 Å². The van der Waals surface area contributed by atoms with E-state index in [1.165, 1.54) is 28.8 Å². The van der Waals surface area contributed by atoms with Crippen LogP contribution in [0.2, 0.25) is 0 Å². The van der Waals surface area contributed by atoms with E-state index in [0.29, 0.717) is 10.9 Å². The van der Waals surface area contributed by atoms with Crippen molar-refractivity contribution in [2.24, 2.45) is 5.73 Å². The van der Waals surface area contributed by atoms with E-state index in [1.54, 1.807) is 30.3 Å². The number of fused-ring (bicyclic) bond motifs is 1. The van der Waals surface area contributed by atoms with Crippen LogP contribution >= 0.6 is 0 Å². The molecule has 1 fully saturated rings. The fraction of sp³-hybridized carbons (Fsp3) is 0.273. The van der Waals surface area contributed by atoms with Crippen molar-refractivity contribution in [3.63, 3.8) is 0 Å². The number of benzene rings is 2. The van der Waals surface area contributed by atoms with E-state index < -0.39 is 17.6 Å². The van der Waals surface area contributed by atoms with Crippen LogP contribution in [0.15, 0.2) is 42.5 Å². The number of amides is 3. The first-order valence-electron chi connectivity index (χ1n) is 10.1. The number of para-hydroxylation sites is 1. The maximum absolute atomic E-state index is 14.3. The number of methoxy groups -OCH3 is 1. The molecule has 0 aliphatic heterocycles. The molecular formula is C22H22FN5O4. The Morgan fingerprint density at radius 1 is 1.22 bits per heavy atom. The van der Waals surface area contributed by atoms with Gasteiger partial charge in [-0.3, -0.25) is 19.1 Å². The van der Waals surface area contributed by atoms with Crippen molar-refractivity contribution in [2.45, 2.75) is 25.4 Å². The van der Waals surface area contributed by atoms with E-state index in [2.05, 4.69) is 10.4 Å². The number of rotatable bonds is 8. The summed E-state index contributed by atoms with van der Waals surface area (Å²) in [5.74, 6) is -2.23. The summed E-state index contributed by atoms with van der Waals surface area (Å²) in [6.07, 6.45) is 1.55. The van der Waals surface area contributed by atoms with Gasteiger partial charge in [0.25, 0.3) is 5.91 Å². The molecule has 0 spiro atoms. The van der Waals surface area contributed by atoms with Crippen molar-refractivity contribution in [1.82, 2.24) is 14.7 Å². The first-order valence-corrected chi connectivity index (χ1v) is 10.1. The molecule has 0 bridgehead atoms. The molecule has 166 valence electrons. The van der Waals surface area contributed by atoms with Crippen LogP contribution in [0.3, 0.4) is 0 Å². The van der Waals surface area contributed by atoms with Crippen LogP contribution in [0.5, 0.6) is 5.75 Å². The zero-order chi connectivity index (χ0) is 22.8. The summed E-state index contributed by atoms with van der Waals surface area (Å²) < 4.78 is 20.7. The summed E-state index contributed by atoms with van der Waals surface area (Å²) >= 11 is 0. The summed E-state index contributed by atoms with van der Waals surface area (Å²) in [6.45, 7) is -0.396. The van der Waals surface area contributed by atoms with Gasteiger partial charge in [-0.1, -0.05) is 24.3 Å². The Kier molecular flexibility index (Phi) is 5.76. The highest BCUT2D eigenvalue weighted by Gasteiger charge is 2.34. The predicted molar refractivity (Wildman–Crippen MR) is 115 cm³/mol. The number of halogens is 1. The highest BCUT2D eigenvalue weighted by atomic mass is 19.1. The molecule has 3 amide bonds. The standard InChI is InChI=1S/C22H22FN5O4/c1-32-17-8-4-6-15(20(17)23)25-18(29)11-27(13-9-10-13)19(30)12-28-16-7-3-2-5-14(16)21(26-28)22(24)31/h2-8,13H,9-12H2,1H3,(H2,24,31)(H,25,29). The van der Waals surface area contributed by atoms with Gasteiger partial charge in [-0.2, -0.15) is 5.10 Å². The van der Waals surface area contributed by atoms with Crippen LogP contribution in [0.25, 0.3) is 10.9 Å². The number of anilines is 1. The van der Waals surface area contributed by atoms with Gasteiger partial charge in [-0.05, 0) is 31.0 Å². The van der Waals surface area contributed by atoms with E-state index >= 15 is 0 Å². The average Bonchev–Trinajstić information content (AvgIpc) is 3.55. The maximum Gasteiger partial charge on any atom is 0.269 e. The zero-order valence-electron chi connectivity index (χ0n) is 17.4. The molecule has 0 unspecified atom stereocenters. The molecule has 0 radical (unpaired) electrons. The number of ether oxygens (including phenoxy) is 1. The SMILES string of the molecule is COc1cccc(NC(=O)CN(C(=O)Cn2nc(C(N)=O)c3ccccc32)C2CC2)c1F. The molecule has 0 saturated heterocycles. The van der Waals surface area contributed by atoms with Crippen LogP contribution in [-0.4, -0.2) is 52.1 Å². The monoisotopic (exact) mass is 439 g/mol. The van der Waals surface area contributed by atoms with Crippen molar-refractivity contribution in [3.05, 3.63) is 54.0 Å². The lowest BCUT2D eigenvalue weighted by Crippen LogP contribution is -2.41. The Bertz CT molecular complexity index is 1200. The number of nitrogens with one attached hydrogen (secondary N) is 1. The van der Waals surface area contributed by atoms with Crippen molar-refractivity contribution < 1.29 is 23.5 Å². The van der Waals surface area contributed by atoms with Gasteiger partial charge in [0.1, 0.15) is 13.1 Å². The molecule has 3 N–H and O–H groups in total. The third-order valence-electron chi connectivity index (χ3n) is 5.26. The minimum Gasteiger partial charge on any atom is -0.494 e. The molecule has 10 heteroatoms. The van der Waals surface area contributed by atoms with Gasteiger partial charge >= 0.3 is 0 Å². The van der Waals surface area contributed by atoms with E-state index in [-0.39, 0.29) is 42.2 Å². The molecule has 1 aromatic heterocycles.